The summed E-state index contributed by atoms with van der Waals surface area (Å²) in [5.41, 5.74) is -0.108. The van der Waals surface area contributed by atoms with Gasteiger partial charge in [0.25, 0.3) is 5.88 Å². The van der Waals surface area contributed by atoms with Crippen LogP contribution in [0.2, 0.25) is 0 Å². The maximum atomic E-state index is 10.7. The van der Waals surface area contributed by atoms with E-state index in [0.717, 1.165) is 25.9 Å². The van der Waals surface area contributed by atoms with Gasteiger partial charge in [0.2, 0.25) is 0 Å². The summed E-state index contributed by atoms with van der Waals surface area (Å²) in [5.74, 6) is 0.0617. The minimum absolute atomic E-state index is 0.0189. The van der Waals surface area contributed by atoms with Crippen LogP contribution in [0, 0.1) is 10.1 Å². The fraction of sp³-hybridized carbons (Fsp3) is 0.545. The molecule has 6 heteroatoms. The summed E-state index contributed by atoms with van der Waals surface area (Å²) in [6.07, 6.45) is 4.61. The topological polar surface area (TPSA) is 74.5 Å². The van der Waals surface area contributed by atoms with E-state index in [0.29, 0.717) is 6.61 Å². The van der Waals surface area contributed by atoms with Gasteiger partial charge in [-0.2, -0.15) is 0 Å². The molecule has 6 nitrogen and oxygen atoms in total. The molecule has 0 bridgehead atoms. The number of nitrogens with zero attached hydrogens (tertiary/aromatic N) is 2. The molecule has 1 aromatic rings. The van der Waals surface area contributed by atoms with E-state index in [4.69, 9.17) is 9.47 Å². The quantitative estimate of drug-likeness (QED) is 0.592. The van der Waals surface area contributed by atoms with E-state index >= 15 is 0 Å². The third-order valence-electron chi connectivity index (χ3n) is 2.63. The number of hydrogen-bond acceptors (Lipinski definition) is 5. The van der Waals surface area contributed by atoms with E-state index in [9.17, 15) is 10.1 Å². The van der Waals surface area contributed by atoms with Crippen LogP contribution in [0.25, 0.3) is 0 Å². The zero-order valence-electron chi connectivity index (χ0n) is 9.37. The lowest BCUT2D eigenvalue weighted by molar-refractivity contribution is -0.386. The average molecular weight is 238 g/mol. The molecule has 1 unspecified atom stereocenters. The summed E-state index contributed by atoms with van der Waals surface area (Å²) in [4.78, 5) is 14.1. The zero-order valence-corrected chi connectivity index (χ0v) is 9.37. The van der Waals surface area contributed by atoms with Gasteiger partial charge in [-0.15, -0.1) is 0 Å². The second-order valence-electron chi connectivity index (χ2n) is 3.88. The summed E-state index contributed by atoms with van der Waals surface area (Å²) in [7, 11) is 0. The Hall–Kier alpha value is -1.69. The zero-order chi connectivity index (χ0) is 12.1. The predicted molar refractivity (Wildman–Crippen MR) is 60.0 cm³/mol. The summed E-state index contributed by atoms with van der Waals surface area (Å²) < 4.78 is 10.8. The van der Waals surface area contributed by atoms with Crippen LogP contribution in [0.4, 0.5) is 5.69 Å². The van der Waals surface area contributed by atoms with E-state index in [2.05, 4.69) is 4.98 Å². The number of aromatic nitrogens is 1. The lowest BCUT2D eigenvalue weighted by atomic mass is 10.1. The molecular weight excluding hydrogens is 224 g/mol. The molecule has 0 N–H and O–H groups in total. The summed E-state index contributed by atoms with van der Waals surface area (Å²) in [5, 5.41) is 10.7. The van der Waals surface area contributed by atoms with Gasteiger partial charge in [-0.3, -0.25) is 10.1 Å². The van der Waals surface area contributed by atoms with Crippen molar-refractivity contribution in [3.63, 3.8) is 0 Å². The Balaban J connectivity index is 1.96. The van der Waals surface area contributed by atoms with Gasteiger partial charge >= 0.3 is 5.69 Å². The van der Waals surface area contributed by atoms with Crippen LogP contribution in [-0.4, -0.2) is 29.2 Å². The molecule has 1 atom stereocenters. The minimum Gasteiger partial charge on any atom is -0.470 e. The van der Waals surface area contributed by atoms with Crippen molar-refractivity contribution in [2.24, 2.45) is 0 Å². The van der Waals surface area contributed by atoms with Gasteiger partial charge in [-0.05, 0) is 25.3 Å². The molecule has 1 saturated heterocycles. The first kappa shape index (κ1) is 11.8. The molecule has 1 fully saturated rings. The SMILES string of the molecule is O=[N+]([O-])c1cccnc1OCC1CCCCO1. The highest BCUT2D eigenvalue weighted by Gasteiger charge is 2.19. The molecule has 2 rings (SSSR count). The van der Waals surface area contributed by atoms with Crippen LogP contribution >= 0.6 is 0 Å². The molecule has 1 aliphatic rings. The first-order valence-corrected chi connectivity index (χ1v) is 5.61. The van der Waals surface area contributed by atoms with Crippen LogP contribution in [0.3, 0.4) is 0 Å². The largest absolute Gasteiger partial charge is 0.470 e. The lowest BCUT2D eigenvalue weighted by Gasteiger charge is -2.22. The summed E-state index contributed by atoms with van der Waals surface area (Å²) in [6.45, 7) is 1.05. The summed E-state index contributed by atoms with van der Waals surface area (Å²) >= 11 is 0. The molecule has 0 aromatic carbocycles. The molecule has 1 aliphatic heterocycles. The third-order valence-corrected chi connectivity index (χ3v) is 2.63. The molecule has 0 amide bonds. The van der Waals surface area contributed by atoms with E-state index in [1.165, 1.54) is 18.3 Å². The van der Waals surface area contributed by atoms with Crippen LogP contribution in [0.15, 0.2) is 18.3 Å². The van der Waals surface area contributed by atoms with Gasteiger partial charge in [0.15, 0.2) is 0 Å². The molecule has 0 radical (unpaired) electrons. The van der Waals surface area contributed by atoms with E-state index < -0.39 is 4.92 Å². The Morgan fingerprint density at radius 2 is 2.47 bits per heavy atom. The lowest BCUT2D eigenvalue weighted by Crippen LogP contribution is -2.26. The Labute approximate surface area is 98.7 Å². The highest BCUT2D eigenvalue weighted by Crippen LogP contribution is 2.23. The fourth-order valence-corrected chi connectivity index (χ4v) is 1.74. The van der Waals surface area contributed by atoms with Gasteiger partial charge in [-0.1, -0.05) is 0 Å². The smallest absolute Gasteiger partial charge is 0.330 e. The van der Waals surface area contributed by atoms with Crippen molar-refractivity contribution in [3.8, 4) is 5.88 Å². The second-order valence-corrected chi connectivity index (χ2v) is 3.88. The Bertz CT molecular complexity index is 391. The minimum atomic E-state index is -0.496. The second kappa shape index (κ2) is 5.58. The van der Waals surface area contributed by atoms with Crippen molar-refractivity contribution in [1.82, 2.24) is 4.98 Å². The molecule has 2 heterocycles. The van der Waals surface area contributed by atoms with Gasteiger partial charge in [0.1, 0.15) is 6.61 Å². The maximum absolute atomic E-state index is 10.7. The predicted octanol–water partition coefficient (Wildman–Crippen LogP) is 1.94. The van der Waals surface area contributed by atoms with Crippen LogP contribution in [0.5, 0.6) is 5.88 Å². The van der Waals surface area contributed by atoms with E-state index in [1.54, 1.807) is 0 Å². The Morgan fingerprint density at radius 3 is 3.18 bits per heavy atom. The molecule has 0 spiro atoms. The first-order chi connectivity index (χ1) is 8.27. The Morgan fingerprint density at radius 1 is 1.59 bits per heavy atom. The normalized spacial score (nSPS) is 19.9. The Kier molecular flexibility index (Phi) is 3.87. The van der Waals surface area contributed by atoms with Crippen LogP contribution < -0.4 is 4.74 Å². The molecule has 1 aromatic heterocycles. The van der Waals surface area contributed by atoms with Crippen molar-refractivity contribution in [2.45, 2.75) is 25.4 Å². The van der Waals surface area contributed by atoms with Crippen molar-refractivity contribution in [1.29, 1.82) is 0 Å². The van der Waals surface area contributed by atoms with Crippen molar-refractivity contribution in [3.05, 3.63) is 28.4 Å². The number of nitro groups is 1. The van der Waals surface area contributed by atoms with E-state index in [-0.39, 0.29) is 17.7 Å². The third kappa shape index (κ3) is 3.13. The number of ether oxygens (including phenoxy) is 2. The van der Waals surface area contributed by atoms with Gasteiger partial charge in [0.05, 0.1) is 11.0 Å². The van der Waals surface area contributed by atoms with Crippen molar-refractivity contribution < 1.29 is 14.4 Å². The molecule has 0 aliphatic carbocycles. The maximum Gasteiger partial charge on any atom is 0.330 e. The van der Waals surface area contributed by atoms with Crippen molar-refractivity contribution in [2.75, 3.05) is 13.2 Å². The molecular formula is C11H14N2O4. The number of pyridine rings is 1. The van der Waals surface area contributed by atoms with Gasteiger partial charge in [0, 0.05) is 18.9 Å². The monoisotopic (exact) mass is 238 g/mol. The average Bonchev–Trinajstić information content (AvgIpc) is 2.38. The van der Waals surface area contributed by atoms with E-state index in [1.807, 2.05) is 0 Å². The number of hydrogen-bond donors (Lipinski definition) is 0. The highest BCUT2D eigenvalue weighted by molar-refractivity contribution is 5.39. The summed E-state index contributed by atoms with van der Waals surface area (Å²) in [6, 6.07) is 2.90. The van der Waals surface area contributed by atoms with Gasteiger partial charge in [-0.25, -0.2) is 4.98 Å². The van der Waals surface area contributed by atoms with Crippen LogP contribution in [0.1, 0.15) is 19.3 Å². The highest BCUT2D eigenvalue weighted by atomic mass is 16.6. The fourth-order valence-electron chi connectivity index (χ4n) is 1.74. The first-order valence-electron chi connectivity index (χ1n) is 5.61. The molecule has 92 valence electrons. The number of rotatable bonds is 4. The molecule has 17 heavy (non-hydrogen) atoms. The van der Waals surface area contributed by atoms with Crippen molar-refractivity contribution >= 4 is 5.69 Å². The van der Waals surface area contributed by atoms with Gasteiger partial charge < -0.3 is 9.47 Å². The van der Waals surface area contributed by atoms with Crippen LogP contribution in [-0.2, 0) is 4.74 Å². The molecule has 0 saturated carbocycles. The standard InChI is InChI=1S/C11H14N2O4/c14-13(15)10-5-3-6-12-11(10)17-8-9-4-1-2-7-16-9/h3,5-6,9H,1-2,4,7-8H2.